The maximum atomic E-state index is 11.5. The molecule has 0 aromatic carbocycles. The van der Waals surface area contributed by atoms with Gasteiger partial charge in [-0.15, -0.1) is 0 Å². The second-order valence-corrected chi connectivity index (χ2v) is 4.50. The number of nitrogens with two attached hydrogens (primary N) is 1. The molecule has 0 radical (unpaired) electrons. The lowest BCUT2D eigenvalue weighted by Crippen LogP contribution is -2.32. The molecule has 86 valence electrons. The highest BCUT2D eigenvalue weighted by Gasteiger charge is 2.34. The number of nitrogens with zero attached hydrogens (tertiary/aromatic N) is 2. The number of nitrogens with one attached hydrogen (secondary N) is 1. The van der Waals surface area contributed by atoms with E-state index in [1.54, 1.807) is 0 Å². The fourth-order valence-corrected chi connectivity index (χ4v) is 2.43. The van der Waals surface area contributed by atoms with Crippen LogP contribution in [-0.4, -0.2) is 32.5 Å². The van der Waals surface area contributed by atoms with Gasteiger partial charge in [0.1, 0.15) is 11.2 Å². The summed E-state index contributed by atoms with van der Waals surface area (Å²) in [5, 5.41) is 10.4. The molecule has 4 N–H and O–H groups in total. The highest BCUT2D eigenvalue weighted by molar-refractivity contribution is 8.01. The van der Waals surface area contributed by atoms with Crippen molar-refractivity contribution in [3.8, 4) is 0 Å². The SMILES string of the molecule is Nc1ccn([C@H]2S[C@H](CO)NC2=O)c(=O)n1. The summed E-state index contributed by atoms with van der Waals surface area (Å²) >= 11 is 1.16. The molecular weight excluding hydrogens is 232 g/mol. The van der Waals surface area contributed by atoms with Crippen molar-refractivity contribution in [2.24, 2.45) is 0 Å². The lowest BCUT2D eigenvalue weighted by Gasteiger charge is -2.09. The third-order valence-electron chi connectivity index (χ3n) is 2.09. The van der Waals surface area contributed by atoms with Gasteiger partial charge in [-0.25, -0.2) is 4.79 Å². The topological polar surface area (TPSA) is 110 Å². The van der Waals surface area contributed by atoms with E-state index in [4.69, 9.17) is 10.8 Å². The Labute approximate surface area is 94.7 Å². The van der Waals surface area contributed by atoms with Gasteiger partial charge >= 0.3 is 5.69 Å². The molecule has 16 heavy (non-hydrogen) atoms. The minimum absolute atomic E-state index is 0.114. The number of carbonyl (C=O) groups excluding carboxylic acids is 1. The summed E-state index contributed by atoms with van der Waals surface area (Å²) in [6, 6.07) is 1.45. The highest BCUT2D eigenvalue weighted by Crippen LogP contribution is 2.30. The van der Waals surface area contributed by atoms with Gasteiger partial charge in [0.15, 0.2) is 5.37 Å². The number of hydrogen-bond acceptors (Lipinski definition) is 6. The Morgan fingerprint density at radius 2 is 2.38 bits per heavy atom. The third-order valence-corrected chi connectivity index (χ3v) is 3.39. The number of nitrogen functional groups attached to an aromatic ring is 1. The summed E-state index contributed by atoms with van der Waals surface area (Å²) in [4.78, 5) is 26.5. The Hall–Kier alpha value is -1.54. The summed E-state index contributed by atoms with van der Waals surface area (Å²) in [5.41, 5.74) is 4.76. The van der Waals surface area contributed by atoms with Crippen molar-refractivity contribution >= 4 is 23.5 Å². The second kappa shape index (κ2) is 4.14. The molecule has 7 nitrogen and oxygen atoms in total. The molecule has 2 atom stereocenters. The molecular formula is C8H10N4O3S. The van der Waals surface area contributed by atoms with E-state index in [2.05, 4.69) is 10.3 Å². The van der Waals surface area contributed by atoms with Crippen LogP contribution >= 0.6 is 11.8 Å². The van der Waals surface area contributed by atoms with Crippen LogP contribution in [0.3, 0.4) is 0 Å². The zero-order chi connectivity index (χ0) is 11.7. The fourth-order valence-electron chi connectivity index (χ4n) is 1.37. The number of aliphatic hydroxyl groups is 1. The minimum atomic E-state index is -0.697. The number of thioether (sulfide) groups is 1. The molecule has 1 aliphatic rings. The normalized spacial score (nSPS) is 24.4. The molecule has 0 aliphatic carbocycles. The summed E-state index contributed by atoms with van der Waals surface area (Å²) in [6.07, 6.45) is 1.42. The van der Waals surface area contributed by atoms with E-state index in [0.29, 0.717) is 0 Å². The summed E-state index contributed by atoms with van der Waals surface area (Å²) in [5.74, 6) is -0.207. The van der Waals surface area contributed by atoms with Gasteiger partial charge in [0.05, 0.1) is 6.61 Å². The van der Waals surface area contributed by atoms with Crippen molar-refractivity contribution in [1.82, 2.24) is 14.9 Å². The summed E-state index contributed by atoms with van der Waals surface area (Å²) in [7, 11) is 0. The van der Waals surface area contributed by atoms with Crippen LogP contribution in [0.25, 0.3) is 0 Å². The van der Waals surface area contributed by atoms with Gasteiger partial charge in [-0.3, -0.25) is 9.36 Å². The predicted octanol–water partition coefficient (Wildman–Crippen LogP) is -1.49. The molecule has 1 aromatic heterocycles. The van der Waals surface area contributed by atoms with Crippen LogP contribution in [0.15, 0.2) is 17.1 Å². The maximum Gasteiger partial charge on any atom is 0.350 e. The molecule has 0 saturated carbocycles. The second-order valence-electron chi connectivity index (χ2n) is 3.21. The van der Waals surface area contributed by atoms with Gasteiger partial charge in [-0.05, 0) is 6.07 Å². The van der Waals surface area contributed by atoms with Crippen LogP contribution in [0.5, 0.6) is 0 Å². The first kappa shape index (κ1) is 11.0. The highest BCUT2D eigenvalue weighted by atomic mass is 32.2. The zero-order valence-electron chi connectivity index (χ0n) is 8.16. The van der Waals surface area contributed by atoms with Gasteiger partial charge in [0, 0.05) is 6.20 Å². The molecule has 0 bridgehead atoms. The molecule has 2 heterocycles. The van der Waals surface area contributed by atoms with Crippen molar-refractivity contribution in [3.05, 3.63) is 22.7 Å². The molecule has 2 rings (SSSR count). The van der Waals surface area contributed by atoms with Gasteiger partial charge in [-0.1, -0.05) is 11.8 Å². The van der Waals surface area contributed by atoms with Crippen molar-refractivity contribution in [1.29, 1.82) is 0 Å². The average molecular weight is 242 g/mol. The van der Waals surface area contributed by atoms with Crippen LogP contribution in [0, 0.1) is 0 Å². The van der Waals surface area contributed by atoms with E-state index in [1.165, 1.54) is 16.8 Å². The Bertz CT molecular complexity index is 475. The number of anilines is 1. The number of aliphatic hydroxyl groups excluding tert-OH is 1. The van der Waals surface area contributed by atoms with E-state index in [1.807, 2.05) is 0 Å². The Kier molecular flexibility index (Phi) is 2.84. The standard InChI is InChI=1S/C8H10N4O3S/c9-4-1-2-12(8(15)10-4)7-6(14)11-5(3-13)16-7/h1-2,5,7,13H,3H2,(H,11,14)(H2,9,10,15)/t5-,7+/m1/s1. The van der Waals surface area contributed by atoms with Crippen LogP contribution in [0.2, 0.25) is 0 Å². The monoisotopic (exact) mass is 242 g/mol. The minimum Gasteiger partial charge on any atom is -0.393 e. The number of amides is 1. The first-order valence-electron chi connectivity index (χ1n) is 4.53. The smallest absolute Gasteiger partial charge is 0.350 e. The van der Waals surface area contributed by atoms with Gasteiger partial charge < -0.3 is 16.2 Å². The molecule has 1 saturated heterocycles. The van der Waals surface area contributed by atoms with Crippen molar-refractivity contribution in [2.75, 3.05) is 12.3 Å². The Morgan fingerprint density at radius 3 is 2.94 bits per heavy atom. The molecule has 1 amide bonds. The molecule has 0 unspecified atom stereocenters. The lowest BCUT2D eigenvalue weighted by atomic mass is 10.5. The average Bonchev–Trinajstić information content (AvgIpc) is 2.60. The number of rotatable bonds is 2. The van der Waals surface area contributed by atoms with Crippen LogP contribution in [0.1, 0.15) is 5.37 Å². The number of aromatic nitrogens is 2. The lowest BCUT2D eigenvalue weighted by molar-refractivity contribution is -0.121. The van der Waals surface area contributed by atoms with Gasteiger partial charge in [0.25, 0.3) is 5.91 Å². The summed E-state index contributed by atoms with van der Waals surface area (Å²) < 4.78 is 1.19. The van der Waals surface area contributed by atoms with Crippen LogP contribution in [0.4, 0.5) is 5.82 Å². The molecule has 0 spiro atoms. The van der Waals surface area contributed by atoms with E-state index >= 15 is 0 Å². The van der Waals surface area contributed by atoms with Gasteiger partial charge in [-0.2, -0.15) is 4.98 Å². The van der Waals surface area contributed by atoms with E-state index < -0.39 is 11.1 Å². The predicted molar refractivity (Wildman–Crippen MR) is 58.6 cm³/mol. The van der Waals surface area contributed by atoms with E-state index in [0.717, 1.165) is 11.8 Å². The van der Waals surface area contributed by atoms with E-state index in [-0.39, 0.29) is 23.7 Å². The Balaban J connectivity index is 2.31. The van der Waals surface area contributed by atoms with Gasteiger partial charge in [0.2, 0.25) is 0 Å². The van der Waals surface area contributed by atoms with Crippen molar-refractivity contribution in [3.63, 3.8) is 0 Å². The molecule has 8 heteroatoms. The maximum absolute atomic E-state index is 11.5. The van der Waals surface area contributed by atoms with E-state index in [9.17, 15) is 9.59 Å². The largest absolute Gasteiger partial charge is 0.393 e. The zero-order valence-corrected chi connectivity index (χ0v) is 8.98. The molecule has 1 aromatic rings. The fraction of sp³-hybridized carbons (Fsp3) is 0.375. The number of carbonyl (C=O) groups is 1. The third kappa shape index (κ3) is 1.89. The first-order valence-corrected chi connectivity index (χ1v) is 5.47. The number of hydrogen-bond donors (Lipinski definition) is 3. The Morgan fingerprint density at radius 1 is 1.62 bits per heavy atom. The first-order chi connectivity index (χ1) is 7.61. The quantitative estimate of drug-likeness (QED) is 0.582. The summed E-state index contributed by atoms with van der Waals surface area (Å²) in [6.45, 7) is -0.177. The van der Waals surface area contributed by atoms with Crippen molar-refractivity contribution in [2.45, 2.75) is 10.7 Å². The van der Waals surface area contributed by atoms with Crippen LogP contribution < -0.4 is 16.7 Å². The molecule has 1 fully saturated rings. The van der Waals surface area contributed by atoms with Crippen molar-refractivity contribution < 1.29 is 9.90 Å². The van der Waals surface area contributed by atoms with Crippen LogP contribution in [-0.2, 0) is 4.79 Å². The molecule has 1 aliphatic heterocycles.